The first-order valence-electron chi connectivity index (χ1n) is 0. The summed E-state index contributed by atoms with van der Waals surface area (Å²) in [5.41, 5.74) is 0. The summed E-state index contributed by atoms with van der Waals surface area (Å²) in [6, 6.07) is 0. The minimum Gasteiger partial charge on any atom is -2.00 e. The second-order valence-corrected chi connectivity index (χ2v) is 0. The fourth-order valence-electron chi connectivity index (χ4n) is 0. The van der Waals surface area contributed by atoms with Crippen LogP contribution in [0.4, 0.5) is 0 Å². The number of hydrogen-bond donors (Lipinski definition) is 0. The van der Waals surface area contributed by atoms with E-state index in [-0.39, 0.29) is 71.6 Å². The monoisotopic (exact) mass is 295 g/mol. The van der Waals surface area contributed by atoms with Gasteiger partial charge in [0.25, 0.3) is 0 Å². The molecule has 0 bridgehead atoms. The average molecular weight is 295 g/mol. The van der Waals surface area contributed by atoms with E-state index in [1.54, 1.807) is 0 Å². The molecule has 0 saturated carbocycles. The summed E-state index contributed by atoms with van der Waals surface area (Å²) in [6.45, 7) is 0. The third-order valence-corrected chi connectivity index (χ3v) is 0. The average Bonchev–Trinajstić information content (AvgIpc) is 0. The maximum Gasteiger partial charge on any atom is 1.00 e. The van der Waals surface area contributed by atoms with Gasteiger partial charge in [-0.3, -0.25) is 0 Å². The summed E-state index contributed by atoms with van der Waals surface area (Å²) in [4.78, 5) is 0. The van der Waals surface area contributed by atoms with Crippen LogP contribution < -0.4 is 29.6 Å². The van der Waals surface area contributed by atoms with Crippen LogP contribution in [-0.2, 0) is 5.48 Å². The Kier molecular flexibility index (Phi) is 191. The molecule has 0 heterocycles. The van der Waals surface area contributed by atoms with Gasteiger partial charge in [-0.15, -0.1) is 0 Å². The number of rotatable bonds is 0. The molecule has 0 radical (unpaired) electrons. The van der Waals surface area contributed by atoms with Crippen molar-refractivity contribution in [3.63, 3.8) is 0 Å². The van der Waals surface area contributed by atoms with Gasteiger partial charge in [0, 0.05) is 31.1 Å². The van der Waals surface area contributed by atoms with Gasteiger partial charge in [-0.05, 0) is 0 Å². The molecule has 2 nitrogen and oxygen atoms in total. The van der Waals surface area contributed by atoms with E-state index in [9.17, 15) is 0 Å². The molecule has 2 N–H and O–H groups in total. The molecule has 0 aromatic rings. The quantitative estimate of drug-likeness (QED) is 0.410. The zero-order chi connectivity index (χ0) is 0. The van der Waals surface area contributed by atoms with Gasteiger partial charge in [0.1, 0.15) is 0 Å². The van der Waals surface area contributed by atoms with Gasteiger partial charge in [-0.2, -0.15) is 0 Å². The van der Waals surface area contributed by atoms with Gasteiger partial charge >= 0.3 is 29.6 Å². The maximum absolute atomic E-state index is 0. The second kappa shape index (κ2) is 20.2. The third kappa shape index (κ3) is 9.02. The van der Waals surface area contributed by atoms with E-state index in [2.05, 4.69) is 0 Å². The van der Waals surface area contributed by atoms with Crippen LogP contribution in [0.5, 0.6) is 0 Å². The second-order valence-electron chi connectivity index (χ2n) is 0. The van der Waals surface area contributed by atoms with Crippen LogP contribution in [-0.4, -0.2) is 5.48 Å². The van der Waals surface area contributed by atoms with Crippen LogP contribution in [0.25, 0.3) is 0 Å². The Morgan fingerprint density at radius 2 is 1.00 bits per heavy atom. The Labute approximate surface area is 70.6 Å². The Bertz CT molecular complexity index is 6.00. The fraction of sp³-hybridized carbons (Fsp3) is 0. The molecule has 0 saturated heterocycles. The van der Waals surface area contributed by atoms with Crippen LogP contribution in [0.1, 0.15) is 0 Å². The van der Waals surface area contributed by atoms with Crippen molar-refractivity contribution in [1.82, 2.24) is 0 Å². The summed E-state index contributed by atoms with van der Waals surface area (Å²) in [6.07, 6.45) is 0. The molecule has 0 rings (SSSR count). The van der Waals surface area contributed by atoms with Crippen molar-refractivity contribution in [2.24, 2.45) is 0 Å². The van der Waals surface area contributed by atoms with Crippen LogP contribution in [0.3, 0.4) is 0 Å². The fourth-order valence-corrected chi connectivity index (χ4v) is 0. The maximum atomic E-state index is 0. The largest absolute Gasteiger partial charge is 2.00 e. The minimum atomic E-state index is 0. The van der Waals surface area contributed by atoms with Crippen LogP contribution >= 0.6 is 0 Å². The first-order chi connectivity index (χ1) is 0. The van der Waals surface area contributed by atoms with E-state index >= 15 is 0 Å². The molecule has 0 atom stereocenters. The number of hydrogen-bond acceptors (Lipinski definition) is 0. The van der Waals surface area contributed by atoms with Crippen molar-refractivity contribution >= 4 is 0 Å². The summed E-state index contributed by atoms with van der Waals surface area (Å²) in [7, 11) is 0. The first kappa shape index (κ1) is 38.0. The van der Waals surface area contributed by atoms with Crippen molar-refractivity contribution in [1.29, 1.82) is 0 Å². The van der Waals surface area contributed by atoms with E-state index in [0.717, 1.165) is 0 Å². The molecule has 4 heavy (non-hydrogen) atoms. The molecule has 0 aromatic carbocycles. The van der Waals surface area contributed by atoms with Crippen molar-refractivity contribution in [2.45, 2.75) is 0 Å². The Morgan fingerprint density at radius 3 is 1.00 bits per heavy atom. The molecule has 20 valence electrons. The molecule has 0 aromatic heterocycles. The summed E-state index contributed by atoms with van der Waals surface area (Å²) in [5.74, 6) is 0. The molecular weight excluding hydrogens is 293 g/mol. The standard InChI is InChI=1S/Na.H2O.O.U/h;1H2;;/q+1;;-2;. The van der Waals surface area contributed by atoms with Crippen molar-refractivity contribution < 1.29 is 71.6 Å². The van der Waals surface area contributed by atoms with E-state index in [4.69, 9.17) is 0 Å². The van der Waals surface area contributed by atoms with E-state index in [1.165, 1.54) is 0 Å². The molecule has 4 heteroatoms. The predicted octanol–water partition coefficient (Wildman–Crippen LogP) is -3.94. The third-order valence-electron chi connectivity index (χ3n) is 0. The van der Waals surface area contributed by atoms with Gasteiger partial charge in [0.05, 0.1) is 0 Å². The molecule has 0 fully saturated rings. The van der Waals surface area contributed by atoms with Crippen LogP contribution in [0, 0.1) is 31.1 Å². The van der Waals surface area contributed by atoms with Crippen molar-refractivity contribution in [3.05, 3.63) is 0 Å². The Hall–Kier alpha value is 1.97. The molecular formula is H2NaO2U-. The topological polar surface area (TPSA) is 60.0 Å². The predicted molar refractivity (Wildman–Crippen MR) is 4.30 cm³/mol. The van der Waals surface area contributed by atoms with Gasteiger partial charge in [0.15, 0.2) is 0 Å². The zero-order valence-corrected chi connectivity index (χ0v) is 8.57. The van der Waals surface area contributed by atoms with Crippen LogP contribution in [0.2, 0.25) is 0 Å². The van der Waals surface area contributed by atoms with Gasteiger partial charge < -0.3 is 11.0 Å². The van der Waals surface area contributed by atoms with E-state index in [0.29, 0.717) is 0 Å². The van der Waals surface area contributed by atoms with Gasteiger partial charge in [-0.25, -0.2) is 0 Å². The van der Waals surface area contributed by atoms with Gasteiger partial charge in [0.2, 0.25) is 0 Å². The molecule has 0 aliphatic carbocycles. The van der Waals surface area contributed by atoms with E-state index < -0.39 is 0 Å². The van der Waals surface area contributed by atoms with Crippen molar-refractivity contribution in [3.8, 4) is 0 Å². The molecule has 0 unspecified atom stereocenters. The SMILES string of the molecule is O.[Na+].[O-2].[U]. The normalized spacial score (nSPS) is 0. The molecule has 0 spiro atoms. The molecule has 0 aliphatic rings. The summed E-state index contributed by atoms with van der Waals surface area (Å²) in [5, 5.41) is 0. The van der Waals surface area contributed by atoms with E-state index in [1.807, 2.05) is 0 Å². The zero-order valence-electron chi connectivity index (χ0n) is 2.41. The minimum absolute atomic E-state index is 0. The van der Waals surface area contributed by atoms with Crippen LogP contribution in [0.15, 0.2) is 0 Å². The van der Waals surface area contributed by atoms with Crippen molar-refractivity contribution in [2.75, 3.05) is 0 Å². The Morgan fingerprint density at radius 1 is 1.00 bits per heavy atom. The summed E-state index contributed by atoms with van der Waals surface area (Å²) < 4.78 is 0. The first-order valence-corrected chi connectivity index (χ1v) is 0. The molecule has 0 aliphatic heterocycles. The Balaban J connectivity index is 0. The summed E-state index contributed by atoms with van der Waals surface area (Å²) >= 11 is 0. The smallest absolute Gasteiger partial charge is 1.00 e. The molecule has 0 amide bonds. The van der Waals surface area contributed by atoms with Gasteiger partial charge in [-0.1, -0.05) is 0 Å².